The lowest BCUT2D eigenvalue weighted by Crippen LogP contribution is -2.42. The third-order valence-corrected chi connectivity index (χ3v) is 4.05. The number of carbonyl (C=O) groups excluding carboxylic acids is 1. The Bertz CT molecular complexity index is 824. The highest BCUT2D eigenvalue weighted by atomic mass is 32.2. The fourth-order valence-electron chi connectivity index (χ4n) is 1.69. The van der Waals surface area contributed by atoms with Crippen LogP contribution in [0.1, 0.15) is 5.56 Å². The second-order valence-electron chi connectivity index (χ2n) is 4.53. The molecule has 0 heterocycles. The predicted molar refractivity (Wildman–Crippen MR) is 74.9 cm³/mol. The van der Waals surface area contributed by atoms with E-state index in [0.29, 0.717) is 17.7 Å². The van der Waals surface area contributed by atoms with Crippen molar-refractivity contribution in [1.29, 1.82) is 0 Å². The average Bonchev–Trinajstić information content (AvgIpc) is 2.50. The number of sulfonamides is 1. The van der Waals surface area contributed by atoms with Crippen LogP contribution in [-0.4, -0.2) is 14.3 Å². The molecular weight excluding hydrogens is 333 g/mol. The van der Waals surface area contributed by atoms with E-state index in [0.717, 1.165) is 18.2 Å². The smallest absolute Gasteiger partial charge is 0.260 e. The molecule has 0 fully saturated rings. The molecule has 2 aromatic rings. The SMILES string of the molecule is O=C(Cc1ccc(F)cc1)NNS(=O)(=O)c1cc(F)ccc1F. The summed E-state index contributed by atoms with van der Waals surface area (Å²) in [5.41, 5.74) is 2.32. The third kappa shape index (κ3) is 4.54. The highest BCUT2D eigenvalue weighted by Crippen LogP contribution is 2.15. The standard InChI is InChI=1S/C14H11F3N2O3S/c15-10-3-1-9(2-4-10)7-14(20)18-19-23(21,22)13-8-11(16)5-6-12(13)17/h1-6,8,19H,7H2,(H,18,20). The first-order valence-corrected chi connectivity index (χ1v) is 7.76. The van der Waals surface area contributed by atoms with Crippen LogP contribution in [0.15, 0.2) is 47.4 Å². The molecule has 23 heavy (non-hydrogen) atoms. The van der Waals surface area contributed by atoms with Crippen LogP contribution >= 0.6 is 0 Å². The van der Waals surface area contributed by atoms with Gasteiger partial charge in [-0.1, -0.05) is 12.1 Å². The molecule has 0 saturated heterocycles. The minimum absolute atomic E-state index is 0.228. The van der Waals surface area contributed by atoms with Gasteiger partial charge in [-0.15, -0.1) is 4.83 Å². The predicted octanol–water partition coefficient (Wildman–Crippen LogP) is 1.66. The first-order chi connectivity index (χ1) is 10.8. The summed E-state index contributed by atoms with van der Waals surface area (Å²) in [7, 11) is -4.46. The Morgan fingerprint density at radius 2 is 1.57 bits per heavy atom. The number of halogens is 3. The van der Waals surface area contributed by atoms with Gasteiger partial charge in [-0.25, -0.2) is 21.6 Å². The molecule has 122 valence electrons. The van der Waals surface area contributed by atoms with E-state index in [-0.39, 0.29) is 6.42 Å². The lowest BCUT2D eigenvalue weighted by Gasteiger charge is -2.09. The average molecular weight is 344 g/mol. The molecule has 1 amide bonds. The van der Waals surface area contributed by atoms with Gasteiger partial charge in [0.05, 0.1) is 6.42 Å². The van der Waals surface area contributed by atoms with Gasteiger partial charge in [-0.3, -0.25) is 10.2 Å². The Labute approximate surface area is 130 Å². The summed E-state index contributed by atoms with van der Waals surface area (Å²) in [6, 6.07) is 6.92. The normalized spacial score (nSPS) is 11.3. The van der Waals surface area contributed by atoms with E-state index < -0.39 is 38.3 Å². The van der Waals surface area contributed by atoms with Crippen LogP contribution in [0, 0.1) is 17.5 Å². The van der Waals surface area contributed by atoms with Crippen LogP contribution in [0.2, 0.25) is 0 Å². The molecule has 2 rings (SSSR count). The van der Waals surface area contributed by atoms with Gasteiger partial charge in [0.2, 0.25) is 5.91 Å². The largest absolute Gasteiger partial charge is 0.277 e. The van der Waals surface area contributed by atoms with Crippen molar-refractivity contribution in [2.45, 2.75) is 11.3 Å². The second-order valence-corrected chi connectivity index (χ2v) is 6.18. The maximum atomic E-state index is 13.4. The number of nitrogens with one attached hydrogen (secondary N) is 2. The van der Waals surface area contributed by atoms with Crippen molar-refractivity contribution < 1.29 is 26.4 Å². The summed E-state index contributed by atoms with van der Waals surface area (Å²) < 4.78 is 62.8. The minimum atomic E-state index is -4.46. The van der Waals surface area contributed by atoms with Crippen molar-refractivity contribution in [1.82, 2.24) is 10.3 Å². The van der Waals surface area contributed by atoms with Crippen LogP contribution in [0.4, 0.5) is 13.2 Å². The van der Waals surface area contributed by atoms with E-state index in [1.807, 2.05) is 5.43 Å². The number of amides is 1. The quantitative estimate of drug-likeness (QED) is 0.810. The third-order valence-electron chi connectivity index (χ3n) is 2.79. The van der Waals surface area contributed by atoms with E-state index in [1.54, 1.807) is 4.83 Å². The van der Waals surface area contributed by atoms with Crippen LogP contribution in [0.3, 0.4) is 0 Å². The van der Waals surface area contributed by atoms with Crippen molar-refractivity contribution in [2.24, 2.45) is 0 Å². The fraction of sp³-hybridized carbons (Fsp3) is 0.0714. The minimum Gasteiger partial charge on any atom is -0.277 e. The van der Waals surface area contributed by atoms with Crippen LogP contribution in [0.25, 0.3) is 0 Å². The zero-order valence-electron chi connectivity index (χ0n) is 11.5. The summed E-state index contributed by atoms with van der Waals surface area (Å²) >= 11 is 0. The van der Waals surface area contributed by atoms with E-state index in [1.165, 1.54) is 12.1 Å². The highest BCUT2D eigenvalue weighted by molar-refractivity contribution is 7.89. The molecule has 0 saturated carbocycles. The summed E-state index contributed by atoms with van der Waals surface area (Å²) in [6.07, 6.45) is -0.228. The Kier molecular flexibility index (Phi) is 5.02. The summed E-state index contributed by atoms with van der Waals surface area (Å²) in [4.78, 5) is 12.4. The van der Waals surface area contributed by atoms with Crippen molar-refractivity contribution in [3.8, 4) is 0 Å². The summed E-state index contributed by atoms with van der Waals surface area (Å²) in [6.45, 7) is 0. The molecule has 2 N–H and O–H groups in total. The van der Waals surface area contributed by atoms with Crippen molar-refractivity contribution >= 4 is 15.9 Å². The lowest BCUT2D eigenvalue weighted by molar-refractivity contribution is -0.120. The maximum Gasteiger partial charge on any atom is 0.260 e. The van der Waals surface area contributed by atoms with Gasteiger partial charge in [-0.05, 0) is 35.9 Å². The van der Waals surface area contributed by atoms with E-state index in [9.17, 15) is 26.4 Å². The van der Waals surface area contributed by atoms with Gasteiger partial charge in [0, 0.05) is 0 Å². The molecule has 0 spiro atoms. The number of hydrogen-bond donors (Lipinski definition) is 2. The molecule has 0 aliphatic carbocycles. The number of rotatable bonds is 5. The number of hydrazine groups is 1. The van der Waals surface area contributed by atoms with E-state index in [2.05, 4.69) is 0 Å². The number of hydrogen-bond acceptors (Lipinski definition) is 3. The zero-order chi connectivity index (χ0) is 17.0. The fourth-order valence-corrected chi connectivity index (χ4v) is 2.64. The van der Waals surface area contributed by atoms with E-state index in [4.69, 9.17) is 0 Å². The first kappa shape index (κ1) is 17.0. The maximum absolute atomic E-state index is 13.4. The van der Waals surface area contributed by atoms with Gasteiger partial charge in [0.15, 0.2) is 0 Å². The summed E-state index contributed by atoms with van der Waals surface area (Å²) in [5.74, 6) is -3.33. The molecule has 0 bridgehead atoms. The van der Waals surface area contributed by atoms with Gasteiger partial charge >= 0.3 is 0 Å². The van der Waals surface area contributed by atoms with Crippen molar-refractivity contribution in [3.05, 3.63) is 65.5 Å². The van der Waals surface area contributed by atoms with Crippen molar-refractivity contribution in [2.75, 3.05) is 0 Å². The molecule has 2 aromatic carbocycles. The monoisotopic (exact) mass is 344 g/mol. The van der Waals surface area contributed by atoms with Gasteiger partial charge in [0.25, 0.3) is 10.0 Å². The first-order valence-electron chi connectivity index (χ1n) is 6.28. The zero-order valence-corrected chi connectivity index (χ0v) is 12.3. The molecule has 0 atom stereocenters. The molecule has 0 radical (unpaired) electrons. The van der Waals surface area contributed by atoms with E-state index >= 15 is 0 Å². The Morgan fingerprint density at radius 1 is 0.957 bits per heavy atom. The lowest BCUT2D eigenvalue weighted by atomic mass is 10.1. The molecule has 0 aliphatic rings. The second kappa shape index (κ2) is 6.80. The molecule has 0 aromatic heterocycles. The summed E-state index contributed by atoms with van der Waals surface area (Å²) in [5, 5.41) is 0. The Balaban J connectivity index is 2.02. The van der Waals surface area contributed by atoms with Crippen LogP contribution in [-0.2, 0) is 21.2 Å². The Morgan fingerprint density at radius 3 is 2.22 bits per heavy atom. The Hall–Kier alpha value is -2.39. The van der Waals surface area contributed by atoms with Crippen LogP contribution < -0.4 is 10.3 Å². The van der Waals surface area contributed by atoms with Crippen molar-refractivity contribution in [3.63, 3.8) is 0 Å². The van der Waals surface area contributed by atoms with Gasteiger partial charge in [0.1, 0.15) is 22.3 Å². The number of carbonyl (C=O) groups is 1. The highest BCUT2D eigenvalue weighted by Gasteiger charge is 2.20. The molecule has 5 nitrogen and oxygen atoms in total. The number of benzene rings is 2. The molecule has 0 unspecified atom stereocenters. The molecule has 9 heteroatoms. The van der Waals surface area contributed by atoms with Gasteiger partial charge < -0.3 is 0 Å². The topological polar surface area (TPSA) is 75.3 Å². The molecular formula is C14H11F3N2O3S. The molecule has 0 aliphatic heterocycles. The van der Waals surface area contributed by atoms with Crippen LogP contribution in [0.5, 0.6) is 0 Å². The van der Waals surface area contributed by atoms with Gasteiger partial charge in [-0.2, -0.15) is 0 Å².